The van der Waals surface area contributed by atoms with E-state index in [2.05, 4.69) is 4.98 Å². The van der Waals surface area contributed by atoms with Gasteiger partial charge in [-0.3, -0.25) is 9.78 Å². The molecule has 1 atom stereocenters. The van der Waals surface area contributed by atoms with Crippen LogP contribution < -0.4 is 0 Å². The largest absolute Gasteiger partial charge is 0.381 e. The lowest BCUT2D eigenvalue weighted by Gasteiger charge is -2.49. The molecule has 7 heteroatoms. The zero-order valence-electron chi connectivity index (χ0n) is 14.7. The van der Waals surface area contributed by atoms with Crippen LogP contribution in [0.4, 0.5) is 0 Å². The summed E-state index contributed by atoms with van der Waals surface area (Å²) < 4.78 is 29.9. The number of aromatic nitrogens is 1. The van der Waals surface area contributed by atoms with Crippen LogP contribution in [0.3, 0.4) is 0 Å². The van der Waals surface area contributed by atoms with Crippen LogP contribution in [0, 0.1) is 5.92 Å². The summed E-state index contributed by atoms with van der Waals surface area (Å²) in [4.78, 5) is 18.8. The Labute approximate surface area is 153 Å². The van der Waals surface area contributed by atoms with Gasteiger partial charge in [0, 0.05) is 37.2 Å². The van der Waals surface area contributed by atoms with E-state index in [-0.39, 0.29) is 30.7 Å². The van der Waals surface area contributed by atoms with Crippen LogP contribution in [0.5, 0.6) is 0 Å². The Morgan fingerprint density at radius 3 is 2.88 bits per heavy atom. The van der Waals surface area contributed by atoms with Gasteiger partial charge in [0.1, 0.15) is 4.75 Å². The van der Waals surface area contributed by atoms with Gasteiger partial charge in [0.05, 0.1) is 23.4 Å². The van der Waals surface area contributed by atoms with Crippen LogP contribution in [0.1, 0.15) is 23.7 Å². The molecule has 0 radical (unpaired) electrons. The summed E-state index contributed by atoms with van der Waals surface area (Å²) in [5.41, 5.74) is 1.33. The van der Waals surface area contributed by atoms with Crippen LogP contribution in [0.25, 0.3) is 10.9 Å². The molecule has 0 N–H and O–H groups in total. The number of sulfone groups is 1. The number of carbonyl (C=O) groups is 1. The number of para-hydroxylation sites is 1. The molecule has 1 unspecified atom stereocenters. The first-order chi connectivity index (χ1) is 12.5. The van der Waals surface area contributed by atoms with Crippen molar-refractivity contribution in [1.29, 1.82) is 0 Å². The fraction of sp³-hybridized carbons (Fsp3) is 0.474. The van der Waals surface area contributed by atoms with E-state index in [0.717, 1.165) is 10.9 Å². The molecular weight excluding hydrogens is 352 g/mol. The van der Waals surface area contributed by atoms with Gasteiger partial charge in [0.2, 0.25) is 0 Å². The first-order valence-corrected chi connectivity index (χ1v) is 10.6. The van der Waals surface area contributed by atoms with E-state index in [1.807, 2.05) is 37.3 Å². The fourth-order valence-electron chi connectivity index (χ4n) is 4.08. The molecule has 2 aromatic rings. The van der Waals surface area contributed by atoms with Crippen molar-refractivity contribution in [2.75, 3.05) is 32.1 Å². The van der Waals surface area contributed by atoms with Crippen LogP contribution in [-0.2, 0) is 14.6 Å². The molecule has 26 heavy (non-hydrogen) atoms. The number of rotatable bonds is 4. The Balaban J connectivity index is 1.54. The van der Waals surface area contributed by atoms with Crippen molar-refractivity contribution in [1.82, 2.24) is 9.88 Å². The number of amides is 1. The molecule has 0 bridgehead atoms. The quantitative estimate of drug-likeness (QED) is 0.817. The van der Waals surface area contributed by atoms with E-state index in [0.29, 0.717) is 25.2 Å². The SMILES string of the molecule is CCOCC1CCS(=O)(=O)C12CN(C(=O)c1cnc3ccccc3c1)C2. The van der Waals surface area contributed by atoms with Crippen LogP contribution in [0.15, 0.2) is 36.5 Å². The van der Waals surface area contributed by atoms with E-state index >= 15 is 0 Å². The number of hydrogen-bond donors (Lipinski definition) is 0. The predicted molar refractivity (Wildman–Crippen MR) is 98.8 cm³/mol. The normalized spacial score (nSPS) is 23.3. The summed E-state index contributed by atoms with van der Waals surface area (Å²) in [6.07, 6.45) is 2.18. The van der Waals surface area contributed by atoms with E-state index in [9.17, 15) is 13.2 Å². The summed E-state index contributed by atoms with van der Waals surface area (Å²) in [7, 11) is -3.20. The highest BCUT2D eigenvalue weighted by Gasteiger charge is 2.62. The highest BCUT2D eigenvalue weighted by Crippen LogP contribution is 2.45. The van der Waals surface area contributed by atoms with E-state index in [1.54, 1.807) is 11.1 Å². The first kappa shape index (κ1) is 17.4. The van der Waals surface area contributed by atoms with Gasteiger partial charge in [-0.2, -0.15) is 0 Å². The van der Waals surface area contributed by atoms with Gasteiger partial charge < -0.3 is 9.64 Å². The molecule has 6 nitrogen and oxygen atoms in total. The lowest BCUT2D eigenvalue weighted by atomic mass is 9.83. The number of carbonyl (C=O) groups excluding carboxylic acids is 1. The molecule has 2 aliphatic heterocycles. The minimum Gasteiger partial charge on any atom is -0.381 e. The monoisotopic (exact) mass is 374 g/mol. The number of pyridine rings is 1. The number of fused-ring (bicyclic) bond motifs is 1. The van der Waals surface area contributed by atoms with E-state index < -0.39 is 14.6 Å². The third kappa shape index (κ3) is 2.61. The molecule has 2 aliphatic rings. The van der Waals surface area contributed by atoms with Gasteiger partial charge in [-0.15, -0.1) is 0 Å². The first-order valence-electron chi connectivity index (χ1n) is 8.91. The number of benzene rings is 1. The maximum Gasteiger partial charge on any atom is 0.255 e. The number of hydrogen-bond acceptors (Lipinski definition) is 5. The van der Waals surface area contributed by atoms with Gasteiger partial charge in [-0.25, -0.2) is 8.42 Å². The molecule has 0 saturated carbocycles. The number of likely N-dealkylation sites (tertiary alicyclic amines) is 1. The Bertz CT molecular complexity index is 951. The van der Waals surface area contributed by atoms with E-state index in [4.69, 9.17) is 4.74 Å². The maximum absolute atomic E-state index is 12.8. The third-order valence-corrected chi connectivity index (χ3v) is 8.27. The lowest BCUT2D eigenvalue weighted by Crippen LogP contribution is -2.68. The molecule has 1 spiro atoms. The van der Waals surface area contributed by atoms with Gasteiger partial charge in [0.15, 0.2) is 9.84 Å². The van der Waals surface area contributed by atoms with E-state index in [1.165, 1.54) is 0 Å². The molecular formula is C19H22N2O4S. The molecule has 0 aliphatic carbocycles. The Kier molecular flexibility index (Phi) is 4.23. The standard InChI is InChI=1S/C19H22N2O4S/c1-2-25-11-16-7-8-26(23,24)19(16)12-21(13-19)18(22)15-9-14-5-3-4-6-17(14)20-10-15/h3-6,9-10,16H,2,7-8,11-13H2,1H3. The van der Waals surface area contributed by atoms with Crippen molar-refractivity contribution >= 4 is 26.6 Å². The van der Waals surface area contributed by atoms with Gasteiger partial charge in [0.25, 0.3) is 5.91 Å². The van der Waals surface area contributed by atoms with Gasteiger partial charge in [-0.05, 0) is 25.5 Å². The molecule has 2 fully saturated rings. The average Bonchev–Trinajstić information content (AvgIpc) is 2.88. The average molecular weight is 374 g/mol. The topological polar surface area (TPSA) is 76.6 Å². The third-order valence-electron chi connectivity index (χ3n) is 5.66. The van der Waals surface area contributed by atoms with Crippen molar-refractivity contribution in [2.24, 2.45) is 5.92 Å². The molecule has 1 amide bonds. The fourth-order valence-corrected chi connectivity index (χ4v) is 6.48. The van der Waals surface area contributed by atoms with Crippen molar-refractivity contribution in [2.45, 2.75) is 18.1 Å². The minimum absolute atomic E-state index is 0.0359. The predicted octanol–water partition coefficient (Wildman–Crippen LogP) is 1.90. The Hall–Kier alpha value is -1.99. The van der Waals surface area contributed by atoms with Crippen LogP contribution in [0.2, 0.25) is 0 Å². The molecule has 1 aromatic heterocycles. The van der Waals surface area contributed by atoms with Crippen molar-refractivity contribution < 1.29 is 17.9 Å². The van der Waals surface area contributed by atoms with Crippen LogP contribution in [-0.4, -0.2) is 61.0 Å². The number of nitrogens with zero attached hydrogens (tertiary/aromatic N) is 2. The molecule has 1 aromatic carbocycles. The van der Waals surface area contributed by atoms with Gasteiger partial charge in [-0.1, -0.05) is 18.2 Å². The highest BCUT2D eigenvalue weighted by atomic mass is 32.2. The summed E-state index contributed by atoms with van der Waals surface area (Å²) in [5.74, 6) is -0.0121. The summed E-state index contributed by atoms with van der Waals surface area (Å²) in [5, 5.41) is 0.899. The second-order valence-electron chi connectivity index (χ2n) is 7.11. The maximum atomic E-state index is 12.8. The smallest absolute Gasteiger partial charge is 0.255 e. The zero-order valence-corrected chi connectivity index (χ0v) is 15.5. The second-order valence-corrected chi connectivity index (χ2v) is 9.56. The zero-order chi connectivity index (χ0) is 18.4. The minimum atomic E-state index is -3.20. The summed E-state index contributed by atoms with van der Waals surface area (Å²) >= 11 is 0. The molecule has 3 heterocycles. The molecule has 2 saturated heterocycles. The van der Waals surface area contributed by atoms with Crippen molar-refractivity contribution in [3.63, 3.8) is 0 Å². The summed E-state index contributed by atoms with van der Waals surface area (Å²) in [6, 6.07) is 9.43. The van der Waals surface area contributed by atoms with Crippen molar-refractivity contribution in [3.05, 3.63) is 42.1 Å². The summed E-state index contributed by atoms with van der Waals surface area (Å²) in [6.45, 7) is 3.41. The Morgan fingerprint density at radius 1 is 1.35 bits per heavy atom. The highest BCUT2D eigenvalue weighted by molar-refractivity contribution is 7.93. The lowest BCUT2D eigenvalue weighted by molar-refractivity contribution is 0.0270. The van der Waals surface area contributed by atoms with Gasteiger partial charge >= 0.3 is 0 Å². The Morgan fingerprint density at radius 2 is 2.12 bits per heavy atom. The molecule has 138 valence electrons. The van der Waals surface area contributed by atoms with Crippen LogP contribution >= 0.6 is 0 Å². The number of ether oxygens (including phenoxy) is 1. The second kappa shape index (κ2) is 6.32. The van der Waals surface area contributed by atoms with Crippen molar-refractivity contribution in [3.8, 4) is 0 Å². The molecule has 4 rings (SSSR count).